The summed E-state index contributed by atoms with van der Waals surface area (Å²) >= 11 is 0.171. The quantitative estimate of drug-likeness (QED) is 0.704. The van der Waals surface area contributed by atoms with Gasteiger partial charge < -0.3 is 0 Å². The molecule has 0 aliphatic carbocycles. The third-order valence-corrected chi connectivity index (χ3v) is 6.25. The van der Waals surface area contributed by atoms with Crippen LogP contribution >= 0.6 is 0 Å². The monoisotopic (exact) mass is 384 g/mol. The van der Waals surface area contributed by atoms with Crippen LogP contribution in [0.1, 0.15) is 12.0 Å². The summed E-state index contributed by atoms with van der Waals surface area (Å²) in [6.45, 7) is 0.964. The van der Waals surface area contributed by atoms with Gasteiger partial charge in [0.25, 0.3) is 0 Å². The molecule has 0 fully saturated rings. The number of nitrogens with one attached hydrogen (secondary N) is 1. The predicted molar refractivity (Wildman–Crippen MR) is 97.9 cm³/mol. The zero-order valence-corrected chi connectivity index (χ0v) is 14.8. The van der Waals surface area contributed by atoms with Gasteiger partial charge in [-0.15, -0.1) is 0 Å². The number of nitrogens with zero attached hydrogens (tertiary/aromatic N) is 1. The van der Waals surface area contributed by atoms with E-state index in [1.807, 2.05) is 18.2 Å². The molecule has 0 radical (unpaired) electrons. The molecule has 4 heteroatoms. The van der Waals surface area contributed by atoms with E-state index in [9.17, 15) is 4.39 Å². The number of fused-ring (bicyclic) bond motifs is 1. The Hall–Kier alpha value is -2.16. The second-order valence-corrected chi connectivity index (χ2v) is 8.14. The third-order valence-electron chi connectivity index (χ3n) is 4.07. The number of pyridine rings is 1. The van der Waals surface area contributed by atoms with Crippen LogP contribution in [0.3, 0.4) is 0 Å². The summed E-state index contributed by atoms with van der Waals surface area (Å²) in [5, 5.41) is 3.40. The topological polar surface area (TPSA) is 24.9 Å². The molecule has 120 valence electrons. The zero-order chi connectivity index (χ0) is 16.4. The summed E-state index contributed by atoms with van der Waals surface area (Å²) in [6, 6.07) is 19.4. The Morgan fingerprint density at radius 2 is 1.79 bits per heavy atom. The molecule has 2 aromatic carbocycles. The van der Waals surface area contributed by atoms with Crippen molar-refractivity contribution < 1.29 is 4.39 Å². The molecule has 0 bridgehead atoms. The van der Waals surface area contributed by atoms with Gasteiger partial charge >= 0.3 is 147 Å². The van der Waals surface area contributed by atoms with Crippen molar-refractivity contribution in [2.75, 3.05) is 11.9 Å². The van der Waals surface area contributed by atoms with Crippen LogP contribution in [0.2, 0.25) is 0 Å². The van der Waals surface area contributed by atoms with Gasteiger partial charge in [0.2, 0.25) is 0 Å². The fourth-order valence-corrected chi connectivity index (χ4v) is 4.99. The summed E-state index contributed by atoms with van der Waals surface area (Å²) in [6.07, 6.45) is 2.21. The van der Waals surface area contributed by atoms with E-state index in [1.165, 1.54) is 26.6 Å². The van der Waals surface area contributed by atoms with E-state index < -0.39 is 0 Å². The molecule has 0 amide bonds. The molecule has 4 rings (SSSR count). The molecule has 1 aliphatic heterocycles. The average Bonchev–Trinajstić information content (AvgIpc) is 2.63. The Labute approximate surface area is 147 Å². The second-order valence-electron chi connectivity index (χ2n) is 5.80. The van der Waals surface area contributed by atoms with Crippen molar-refractivity contribution in [1.29, 1.82) is 0 Å². The van der Waals surface area contributed by atoms with Crippen LogP contribution < -0.4 is 14.2 Å². The molecule has 3 aromatic rings. The fourth-order valence-electron chi connectivity index (χ4n) is 2.87. The number of anilines is 1. The van der Waals surface area contributed by atoms with Crippen LogP contribution in [-0.2, 0) is 6.42 Å². The average molecular weight is 383 g/mol. The molecule has 0 spiro atoms. The first-order valence-electron chi connectivity index (χ1n) is 8.06. The molecule has 24 heavy (non-hydrogen) atoms. The van der Waals surface area contributed by atoms with Crippen LogP contribution in [0.25, 0.3) is 11.3 Å². The summed E-state index contributed by atoms with van der Waals surface area (Å²) in [5.74, 6) is 0.762. The Kier molecular flexibility index (Phi) is 4.33. The van der Waals surface area contributed by atoms with Crippen molar-refractivity contribution in [2.45, 2.75) is 12.8 Å². The molecule has 2 heterocycles. The van der Waals surface area contributed by atoms with Gasteiger partial charge in [0.05, 0.1) is 0 Å². The number of aromatic nitrogens is 1. The Balaban J connectivity index is 1.81. The van der Waals surface area contributed by atoms with Gasteiger partial charge in [-0.25, -0.2) is 0 Å². The van der Waals surface area contributed by atoms with Crippen molar-refractivity contribution in [3.8, 4) is 11.3 Å². The van der Waals surface area contributed by atoms with Crippen molar-refractivity contribution in [3.63, 3.8) is 0 Å². The first-order chi connectivity index (χ1) is 11.8. The number of hydrogen-bond donors (Lipinski definition) is 1. The van der Waals surface area contributed by atoms with Gasteiger partial charge in [-0.2, -0.15) is 0 Å². The van der Waals surface area contributed by atoms with Crippen molar-refractivity contribution in [1.82, 2.24) is 4.98 Å². The van der Waals surface area contributed by atoms with E-state index in [1.54, 1.807) is 0 Å². The number of rotatable bonds is 3. The van der Waals surface area contributed by atoms with Crippen LogP contribution in [0.15, 0.2) is 60.7 Å². The van der Waals surface area contributed by atoms with Crippen LogP contribution in [0, 0.1) is 5.82 Å². The zero-order valence-electron chi connectivity index (χ0n) is 13.1. The van der Waals surface area contributed by atoms with Crippen molar-refractivity contribution >= 4 is 29.7 Å². The molecule has 0 saturated heterocycles. The number of aryl methyl sites for hydroxylation is 1. The molecule has 1 aromatic heterocycles. The first-order valence-corrected chi connectivity index (χ1v) is 9.77. The van der Waals surface area contributed by atoms with E-state index in [4.69, 9.17) is 4.98 Å². The molecular formula is C20H17FN2Se. The van der Waals surface area contributed by atoms with Gasteiger partial charge in [-0.05, 0) is 0 Å². The van der Waals surface area contributed by atoms with Gasteiger partial charge in [0, 0.05) is 0 Å². The van der Waals surface area contributed by atoms with Crippen LogP contribution in [0.5, 0.6) is 0 Å². The van der Waals surface area contributed by atoms with E-state index in [0.717, 1.165) is 36.5 Å². The number of hydrogen-bond acceptors (Lipinski definition) is 2. The SMILES string of the molecule is Fc1ccc(-c2nc3c(cc2[Se]c2ccccc2)CCCN3)cc1. The maximum atomic E-state index is 13.3. The Bertz CT molecular complexity index is 848. The minimum atomic E-state index is -0.218. The van der Waals surface area contributed by atoms with Gasteiger partial charge in [0.15, 0.2) is 0 Å². The number of halogens is 1. The normalized spacial score (nSPS) is 13.2. The van der Waals surface area contributed by atoms with E-state index >= 15 is 0 Å². The molecular weight excluding hydrogens is 366 g/mol. The Morgan fingerprint density at radius 3 is 2.58 bits per heavy atom. The first kappa shape index (κ1) is 15.4. The van der Waals surface area contributed by atoms with Crippen molar-refractivity contribution in [2.24, 2.45) is 0 Å². The van der Waals surface area contributed by atoms with Crippen molar-refractivity contribution in [3.05, 3.63) is 72.0 Å². The standard InChI is InChI=1S/C20H17FN2Se/c21-16-10-8-14(9-11-16)19-18(24-17-6-2-1-3-7-17)13-15-5-4-12-22-20(15)23-19/h1-3,6-11,13H,4-5,12H2,(H,22,23). The van der Waals surface area contributed by atoms with E-state index in [0.29, 0.717) is 0 Å². The van der Waals surface area contributed by atoms with Gasteiger partial charge in [-0.1, -0.05) is 0 Å². The third kappa shape index (κ3) is 3.21. The summed E-state index contributed by atoms with van der Waals surface area (Å²) in [7, 11) is 0. The van der Waals surface area contributed by atoms with E-state index in [2.05, 4.69) is 35.6 Å². The summed E-state index contributed by atoms with van der Waals surface area (Å²) in [4.78, 5) is 4.89. The second kappa shape index (κ2) is 6.76. The van der Waals surface area contributed by atoms with E-state index in [-0.39, 0.29) is 20.8 Å². The number of benzene rings is 2. The molecule has 1 aliphatic rings. The summed E-state index contributed by atoms with van der Waals surface area (Å²) < 4.78 is 15.9. The molecule has 2 nitrogen and oxygen atoms in total. The maximum absolute atomic E-state index is 13.3. The molecule has 0 unspecified atom stereocenters. The van der Waals surface area contributed by atoms with Gasteiger partial charge in [0.1, 0.15) is 0 Å². The molecule has 1 N–H and O–H groups in total. The summed E-state index contributed by atoms with van der Waals surface area (Å²) in [5.41, 5.74) is 3.23. The predicted octanol–water partition coefficient (Wildman–Crippen LogP) is 2.90. The van der Waals surface area contributed by atoms with Gasteiger partial charge in [-0.3, -0.25) is 0 Å². The Morgan fingerprint density at radius 1 is 1.00 bits per heavy atom. The molecule has 0 saturated carbocycles. The van der Waals surface area contributed by atoms with Crippen LogP contribution in [-0.4, -0.2) is 26.5 Å². The van der Waals surface area contributed by atoms with Crippen LogP contribution in [0.4, 0.5) is 10.2 Å². The minimum absolute atomic E-state index is 0.171. The fraction of sp³-hybridized carbons (Fsp3) is 0.150. The molecule has 0 atom stereocenters.